The molecule has 5 nitrogen and oxygen atoms in total. The second kappa shape index (κ2) is 4.87. The summed E-state index contributed by atoms with van der Waals surface area (Å²) in [5, 5.41) is 2.49. The number of rotatable bonds is 1. The van der Waals surface area contributed by atoms with Crippen molar-refractivity contribution in [1.29, 1.82) is 0 Å². The van der Waals surface area contributed by atoms with Gasteiger partial charge in [0.2, 0.25) is 5.91 Å². The molecule has 8 heteroatoms. The standard InChI is InChI=1S/C11H10F3N3O2/c12-11(13,14)8-1-2-15-5-7(8)10(19)17-4-3-16-9(18)6-17/h1-2,5H,3-4,6H2,(H,16,18). The largest absolute Gasteiger partial charge is 0.417 e. The molecule has 2 rings (SSSR count). The third kappa shape index (κ3) is 2.83. The lowest BCUT2D eigenvalue weighted by Gasteiger charge is -2.27. The highest BCUT2D eigenvalue weighted by molar-refractivity contribution is 5.98. The second-order valence-electron chi connectivity index (χ2n) is 4.00. The van der Waals surface area contributed by atoms with Crippen molar-refractivity contribution in [3.8, 4) is 0 Å². The van der Waals surface area contributed by atoms with Gasteiger partial charge in [-0.3, -0.25) is 14.6 Å². The van der Waals surface area contributed by atoms with Crippen molar-refractivity contribution >= 4 is 11.8 Å². The molecule has 0 saturated carbocycles. The van der Waals surface area contributed by atoms with Crippen molar-refractivity contribution in [2.45, 2.75) is 6.18 Å². The molecule has 1 aromatic heterocycles. The Morgan fingerprint density at radius 1 is 1.42 bits per heavy atom. The van der Waals surface area contributed by atoms with Crippen LogP contribution in [0.25, 0.3) is 0 Å². The van der Waals surface area contributed by atoms with Gasteiger partial charge in [0.1, 0.15) is 0 Å². The molecule has 0 aliphatic carbocycles. The molecule has 0 bridgehead atoms. The number of carbonyl (C=O) groups excluding carboxylic acids is 2. The van der Waals surface area contributed by atoms with Gasteiger partial charge in [0.25, 0.3) is 5.91 Å². The van der Waals surface area contributed by atoms with Gasteiger partial charge in [0.15, 0.2) is 0 Å². The molecule has 1 aliphatic heterocycles. The van der Waals surface area contributed by atoms with Crippen LogP contribution in [-0.4, -0.2) is 41.3 Å². The van der Waals surface area contributed by atoms with E-state index in [-0.39, 0.29) is 19.6 Å². The maximum absolute atomic E-state index is 12.8. The Kier molecular flexibility index (Phi) is 3.41. The van der Waals surface area contributed by atoms with Crippen LogP contribution in [0.2, 0.25) is 0 Å². The highest BCUT2D eigenvalue weighted by atomic mass is 19.4. The number of halogens is 3. The van der Waals surface area contributed by atoms with Gasteiger partial charge in [0.05, 0.1) is 17.7 Å². The minimum Gasteiger partial charge on any atom is -0.353 e. The predicted octanol–water partition coefficient (Wildman–Crippen LogP) is 0.672. The maximum Gasteiger partial charge on any atom is 0.417 e. The normalized spacial score (nSPS) is 16.2. The van der Waals surface area contributed by atoms with E-state index in [1.807, 2.05) is 0 Å². The van der Waals surface area contributed by atoms with Crippen molar-refractivity contribution in [3.63, 3.8) is 0 Å². The number of carbonyl (C=O) groups is 2. The Morgan fingerprint density at radius 3 is 2.79 bits per heavy atom. The smallest absolute Gasteiger partial charge is 0.353 e. The first kappa shape index (κ1) is 13.3. The highest BCUT2D eigenvalue weighted by Crippen LogP contribution is 2.31. The van der Waals surface area contributed by atoms with Gasteiger partial charge in [-0.1, -0.05) is 0 Å². The number of pyridine rings is 1. The van der Waals surface area contributed by atoms with Crippen molar-refractivity contribution in [2.24, 2.45) is 0 Å². The lowest BCUT2D eigenvalue weighted by atomic mass is 10.1. The molecule has 1 aliphatic rings. The molecular formula is C11H10F3N3O2. The van der Waals surface area contributed by atoms with Gasteiger partial charge >= 0.3 is 6.18 Å². The van der Waals surface area contributed by atoms with Crippen LogP contribution in [-0.2, 0) is 11.0 Å². The summed E-state index contributed by atoms with van der Waals surface area (Å²) in [6.07, 6.45) is -2.79. The molecule has 19 heavy (non-hydrogen) atoms. The first-order valence-electron chi connectivity index (χ1n) is 5.47. The zero-order chi connectivity index (χ0) is 14.0. The molecule has 0 radical (unpaired) electrons. The lowest BCUT2D eigenvalue weighted by Crippen LogP contribution is -2.50. The number of nitrogens with zero attached hydrogens (tertiary/aromatic N) is 2. The Labute approximate surface area is 106 Å². The van der Waals surface area contributed by atoms with Crippen molar-refractivity contribution in [3.05, 3.63) is 29.6 Å². The fraction of sp³-hybridized carbons (Fsp3) is 0.364. The molecule has 1 aromatic rings. The lowest BCUT2D eigenvalue weighted by molar-refractivity contribution is -0.138. The van der Waals surface area contributed by atoms with Gasteiger partial charge in [-0.2, -0.15) is 13.2 Å². The summed E-state index contributed by atoms with van der Waals surface area (Å²) in [5.41, 5.74) is -1.58. The Hall–Kier alpha value is -2.12. The fourth-order valence-electron chi connectivity index (χ4n) is 1.79. The van der Waals surface area contributed by atoms with E-state index >= 15 is 0 Å². The van der Waals surface area contributed by atoms with E-state index in [1.54, 1.807) is 0 Å². The molecule has 2 amide bonds. The predicted molar refractivity (Wildman–Crippen MR) is 58.2 cm³/mol. The SMILES string of the molecule is O=C1CN(C(=O)c2cnccc2C(F)(F)F)CCN1. The Balaban J connectivity index is 2.31. The van der Waals surface area contributed by atoms with E-state index in [2.05, 4.69) is 10.3 Å². The quantitative estimate of drug-likeness (QED) is 0.818. The van der Waals surface area contributed by atoms with Gasteiger partial charge in [-0.25, -0.2) is 0 Å². The first-order chi connectivity index (χ1) is 8.89. The van der Waals surface area contributed by atoms with E-state index < -0.39 is 29.1 Å². The molecule has 2 heterocycles. The highest BCUT2D eigenvalue weighted by Gasteiger charge is 2.36. The molecule has 0 aromatic carbocycles. The van der Waals surface area contributed by atoms with Gasteiger partial charge in [-0.15, -0.1) is 0 Å². The number of piperazine rings is 1. The average Bonchev–Trinajstić information content (AvgIpc) is 2.37. The van der Waals surface area contributed by atoms with E-state index in [0.717, 1.165) is 23.4 Å². The van der Waals surface area contributed by atoms with E-state index in [0.29, 0.717) is 0 Å². The van der Waals surface area contributed by atoms with E-state index in [9.17, 15) is 22.8 Å². The molecule has 0 unspecified atom stereocenters. The number of amides is 2. The van der Waals surface area contributed by atoms with Gasteiger partial charge in [0, 0.05) is 25.5 Å². The van der Waals surface area contributed by atoms with Crippen LogP contribution >= 0.6 is 0 Å². The summed E-state index contributed by atoms with van der Waals surface area (Å²) < 4.78 is 38.3. The van der Waals surface area contributed by atoms with Crippen LogP contribution in [0.5, 0.6) is 0 Å². The van der Waals surface area contributed by atoms with Crippen LogP contribution in [0.15, 0.2) is 18.5 Å². The number of alkyl halides is 3. The van der Waals surface area contributed by atoms with Crippen molar-refractivity contribution < 1.29 is 22.8 Å². The van der Waals surface area contributed by atoms with Crippen LogP contribution in [0.3, 0.4) is 0 Å². The first-order valence-corrected chi connectivity index (χ1v) is 5.47. The molecule has 0 spiro atoms. The summed E-state index contributed by atoms with van der Waals surface area (Å²) in [4.78, 5) is 27.8. The third-order valence-corrected chi connectivity index (χ3v) is 2.68. The van der Waals surface area contributed by atoms with Crippen LogP contribution in [0.1, 0.15) is 15.9 Å². The van der Waals surface area contributed by atoms with Crippen LogP contribution < -0.4 is 5.32 Å². The molecule has 1 fully saturated rings. The minimum atomic E-state index is -4.63. The van der Waals surface area contributed by atoms with E-state index in [4.69, 9.17) is 0 Å². The number of aromatic nitrogens is 1. The van der Waals surface area contributed by atoms with Gasteiger partial charge in [-0.05, 0) is 6.07 Å². The average molecular weight is 273 g/mol. The van der Waals surface area contributed by atoms with Gasteiger partial charge < -0.3 is 10.2 Å². The fourth-order valence-corrected chi connectivity index (χ4v) is 1.79. The molecule has 1 N–H and O–H groups in total. The van der Waals surface area contributed by atoms with E-state index in [1.165, 1.54) is 0 Å². The van der Waals surface area contributed by atoms with Crippen LogP contribution in [0, 0.1) is 0 Å². The van der Waals surface area contributed by atoms with Crippen molar-refractivity contribution in [2.75, 3.05) is 19.6 Å². The third-order valence-electron chi connectivity index (χ3n) is 2.68. The number of nitrogens with one attached hydrogen (secondary N) is 1. The molecule has 1 saturated heterocycles. The monoisotopic (exact) mass is 273 g/mol. The molecule has 102 valence electrons. The number of hydrogen-bond acceptors (Lipinski definition) is 3. The minimum absolute atomic E-state index is 0.177. The second-order valence-corrected chi connectivity index (χ2v) is 4.00. The Bertz CT molecular complexity index is 516. The zero-order valence-corrected chi connectivity index (χ0v) is 9.70. The summed E-state index contributed by atoms with van der Waals surface area (Å²) in [6, 6.07) is 0.747. The summed E-state index contributed by atoms with van der Waals surface area (Å²) >= 11 is 0. The van der Waals surface area contributed by atoms with Crippen molar-refractivity contribution in [1.82, 2.24) is 15.2 Å². The topological polar surface area (TPSA) is 62.3 Å². The summed E-state index contributed by atoms with van der Waals surface area (Å²) in [7, 11) is 0. The number of hydrogen-bond donors (Lipinski definition) is 1. The van der Waals surface area contributed by atoms with Crippen LogP contribution in [0.4, 0.5) is 13.2 Å². The summed E-state index contributed by atoms with van der Waals surface area (Å²) in [5.74, 6) is -1.23. The zero-order valence-electron chi connectivity index (χ0n) is 9.70. The molecular weight excluding hydrogens is 263 g/mol. The maximum atomic E-state index is 12.8. The Morgan fingerprint density at radius 2 is 2.16 bits per heavy atom. The molecule has 0 atom stereocenters. The summed E-state index contributed by atoms with van der Waals surface area (Å²) in [6.45, 7) is 0.161.